The van der Waals surface area contributed by atoms with Gasteiger partial charge in [-0.15, -0.1) is 11.8 Å². The van der Waals surface area contributed by atoms with Crippen LogP contribution in [0.3, 0.4) is 0 Å². The minimum atomic E-state index is -0.830. The number of carbonyl (C=O) groups is 1. The zero-order valence-corrected chi connectivity index (χ0v) is 10.5. The molecular formula is C12H15NO3S. The number of aliphatic carboxylic acids is 1. The first kappa shape index (κ1) is 12.3. The van der Waals surface area contributed by atoms with E-state index < -0.39 is 12.0 Å². The van der Waals surface area contributed by atoms with E-state index in [1.165, 1.54) is 0 Å². The van der Waals surface area contributed by atoms with Gasteiger partial charge in [0.2, 0.25) is 0 Å². The van der Waals surface area contributed by atoms with E-state index in [4.69, 9.17) is 5.11 Å². The van der Waals surface area contributed by atoms with Gasteiger partial charge in [0, 0.05) is 4.75 Å². The first-order valence-corrected chi connectivity index (χ1v) is 6.24. The third-order valence-electron chi connectivity index (χ3n) is 2.88. The second kappa shape index (κ2) is 4.23. The van der Waals surface area contributed by atoms with Crippen LogP contribution in [0.4, 0.5) is 0 Å². The maximum absolute atomic E-state index is 11.1. The lowest BCUT2D eigenvalue weighted by Gasteiger charge is -2.20. The van der Waals surface area contributed by atoms with Crippen molar-refractivity contribution in [1.82, 2.24) is 5.32 Å². The summed E-state index contributed by atoms with van der Waals surface area (Å²) in [6.45, 7) is 3.84. The number of carboxylic acid groups (broad SMARTS) is 1. The number of hydrogen-bond acceptors (Lipinski definition) is 4. The van der Waals surface area contributed by atoms with E-state index in [0.717, 1.165) is 5.56 Å². The van der Waals surface area contributed by atoms with Crippen LogP contribution >= 0.6 is 11.8 Å². The number of phenolic OH excluding ortho intramolecular Hbond substituents is 1. The molecule has 92 valence electrons. The number of rotatable bonds is 2. The number of aromatic hydroxyl groups is 1. The molecule has 0 unspecified atom stereocenters. The monoisotopic (exact) mass is 253 g/mol. The van der Waals surface area contributed by atoms with Crippen LogP contribution in [0.25, 0.3) is 0 Å². The maximum Gasteiger partial charge on any atom is 0.322 e. The van der Waals surface area contributed by atoms with Crippen LogP contribution in [0.1, 0.15) is 24.8 Å². The molecule has 1 aliphatic rings. The average molecular weight is 253 g/mol. The number of thioether (sulfide) groups is 1. The summed E-state index contributed by atoms with van der Waals surface area (Å²) < 4.78 is -0.353. The van der Waals surface area contributed by atoms with Crippen LogP contribution in [0, 0.1) is 0 Å². The number of phenols is 1. The second-order valence-corrected chi connectivity index (χ2v) is 6.39. The molecule has 1 fully saturated rings. The summed E-state index contributed by atoms with van der Waals surface area (Å²) in [5.74, 6) is -0.616. The Morgan fingerprint density at radius 3 is 2.41 bits per heavy atom. The molecule has 1 aliphatic heterocycles. The molecule has 2 atom stereocenters. The van der Waals surface area contributed by atoms with Crippen LogP contribution in [-0.4, -0.2) is 27.0 Å². The topological polar surface area (TPSA) is 69.6 Å². The quantitative estimate of drug-likeness (QED) is 0.751. The average Bonchev–Trinajstić information content (AvgIpc) is 2.55. The highest BCUT2D eigenvalue weighted by molar-refractivity contribution is 8.01. The molecule has 0 bridgehead atoms. The maximum atomic E-state index is 11.1. The minimum absolute atomic E-state index is 0.0494. The van der Waals surface area contributed by atoms with Crippen LogP contribution in [0.5, 0.6) is 5.75 Å². The predicted octanol–water partition coefficient (Wildman–Crippen LogP) is 1.96. The molecule has 1 aromatic rings. The molecule has 1 aromatic carbocycles. The predicted molar refractivity (Wildman–Crippen MR) is 67.1 cm³/mol. The van der Waals surface area contributed by atoms with Crippen molar-refractivity contribution in [3.63, 3.8) is 0 Å². The third-order valence-corrected chi connectivity index (χ3v) is 4.36. The van der Waals surface area contributed by atoms with Crippen LogP contribution in [-0.2, 0) is 4.79 Å². The molecule has 0 aliphatic carbocycles. The number of carboxylic acids is 1. The zero-order valence-electron chi connectivity index (χ0n) is 9.68. The Morgan fingerprint density at radius 2 is 1.94 bits per heavy atom. The molecule has 1 heterocycles. The Kier molecular flexibility index (Phi) is 3.05. The van der Waals surface area contributed by atoms with E-state index >= 15 is 0 Å². The Labute approximate surface area is 104 Å². The molecular weight excluding hydrogens is 238 g/mol. The van der Waals surface area contributed by atoms with Crippen LogP contribution < -0.4 is 5.32 Å². The molecule has 0 radical (unpaired) electrons. The van der Waals surface area contributed by atoms with Crippen LogP contribution in [0.15, 0.2) is 24.3 Å². The lowest BCUT2D eigenvalue weighted by Crippen LogP contribution is -2.43. The van der Waals surface area contributed by atoms with E-state index in [9.17, 15) is 9.90 Å². The molecule has 0 aromatic heterocycles. The van der Waals surface area contributed by atoms with Gasteiger partial charge >= 0.3 is 5.97 Å². The summed E-state index contributed by atoms with van der Waals surface area (Å²) in [5, 5.41) is 21.4. The van der Waals surface area contributed by atoms with Gasteiger partial charge < -0.3 is 10.2 Å². The van der Waals surface area contributed by atoms with Crippen molar-refractivity contribution in [3.8, 4) is 5.75 Å². The molecule has 2 rings (SSSR count). The van der Waals surface area contributed by atoms with Crippen molar-refractivity contribution in [1.29, 1.82) is 0 Å². The fourth-order valence-electron chi connectivity index (χ4n) is 1.94. The van der Waals surface area contributed by atoms with Gasteiger partial charge in [-0.2, -0.15) is 0 Å². The summed E-state index contributed by atoms with van der Waals surface area (Å²) in [6, 6.07) is 6.27. The zero-order chi connectivity index (χ0) is 12.6. The normalized spacial score (nSPS) is 26.9. The Bertz CT molecular complexity index is 430. The fraction of sp³-hybridized carbons (Fsp3) is 0.417. The smallest absolute Gasteiger partial charge is 0.322 e. The van der Waals surface area contributed by atoms with Crippen molar-refractivity contribution >= 4 is 17.7 Å². The van der Waals surface area contributed by atoms with Gasteiger partial charge in [-0.05, 0) is 31.5 Å². The van der Waals surface area contributed by atoms with Gasteiger partial charge in [-0.1, -0.05) is 12.1 Å². The largest absolute Gasteiger partial charge is 0.508 e. The fourth-order valence-corrected chi connectivity index (χ4v) is 3.35. The van der Waals surface area contributed by atoms with E-state index in [0.29, 0.717) is 0 Å². The second-order valence-electron chi connectivity index (χ2n) is 4.63. The van der Waals surface area contributed by atoms with Gasteiger partial charge in [0.05, 0.1) is 5.37 Å². The number of benzene rings is 1. The van der Waals surface area contributed by atoms with Crippen molar-refractivity contribution in [2.75, 3.05) is 0 Å². The Balaban J connectivity index is 2.21. The van der Waals surface area contributed by atoms with Gasteiger partial charge in [-0.25, -0.2) is 0 Å². The van der Waals surface area contributed by atoms with Crippen LogP contribution in [0.2, 0.25) is 0 Å². The number of hydrogen-bond donors (Lipinski definition) is 3. The number of nitrogens with one attached hydrogen (secondary N) is 1. The molecule has 17 heavy (non-hydrogen) atoms. The third kappa shape index (κ3) is 2.40. The van der Waals surface area contributed by atoms with E-state index in [-0.39, 0.29) is 15.9 Å². The van der Waals surface area contributed by atoms with Crippen molar-refractivity contribution in [3.05, 3.63) is 29.8 Å². The van der Waals surface area contributed by atoms with E-state index in [1.54, 1.807) is 36.0 Å². The van der Waals surface area contributed by atoms with Gasteiger partial charge in [0.25, 0.3) is 0 Å². The Morgan fingerprint density at radius 1 is 1.35 bits per heavy atom. The standard InChI is InChI=1S/C12H15NO3S/c1-12(2)9(11(15)16)13-10(17-12)7-3-5-8(14)6-4-7/h3-6,9-10,13-14H,1-2H3,(H,15,16)/t9-,10+/m0/s1. The summed E-state index contributed by atoms with van der Waals surface area (Å²) in [7, 11) is 0. The molecule has 0 spiro atoms. The van der Waals surface area contributed by atoms with E-state index in [1.807, 2.05) is 13.8 Å². The SMILES string of the molecule is CC1(C)S[C@H](c2ccc(O)cc2)N[C@H]1C(=O)O. The van der Waals surface area contributed by atoms with Crippen molar-refractivity contribution in [2.24, 2.45) is 0 Å². The summed E-state index contributed by atoms with van der Waals surface area (Å²) >= 11 is 1.59. The lowest BCUT2D eigenvalue weighted by atomic mass is 10.0. The summed E-state index contributed by atoms with van der Waals surface area (Å²) in [6.07, 6.45) is 0. The minimum Gasteiger partial charge on any atom is -0.508 e. The van der Waals surface area contributed by atoms with Gasteiger partial charge in [0.1, 0.15) is 11.8 Å². The van der Waals surface area contributed by atoms with E-state index in [2.05, 4.69) is 5.32 Å². The Hall–Kier alpha value is -1.20. The first-order chi connectivity index (χ1) is 7.90. The molecule has 4 nitrogen and oxygen atoms in total. The van der Waals surface area contributed by atoms with Crippen molar-refractivity contribution in [2.45, 2.75) is 30.0 Å². The highest BCUT2D eigenvalue weighted by atomic mass is 32.2. The highest BCUT2D eigenvalue weighted by Gasteiger charge is 2.45. The van der Waals surface area contributed by atoms with Crippen molar-refractivity contribution < 1.29 is 15.0 Å². The van der Waals surface area contributed by atoms with Gasteiger partial charge in [0.15, 0.2) is 0 Å². The molecule has 0 saturated carbocycles. The first-order valence-electron chi connectivity index (χ1n) is 5.36. The highest BCUT2D eigenvalue weighted by Crippen LogP contribution is 2.45. The molecule has 3 N–H and O–H groups in total. The summed E-state index contributed by atoms with van der Waals surface area (Å²) in [5.41, 5.74) is 0.977. The lowest BCUT2D eigenvalue weighted by molar-refractivity contribution is -0.139. The molecule has 1 saturated heterocycles. The summed E-state index contributed by atoms with van der Waals surface area (Å²) in [4.78, 5) is 11.1. The molecule has 5 heteroatoms. The van der Waals surface area contributed by atoms with Gasteiger partial charge in [-0.3, -0.25) is 10.1 Å². The molecule has 0 amide bonds.